The van der Waals surface area contributed by atoms with Gasteiger partial charge in [-0.1, -0.05) is 18.2 Å². The van der Waals surface area contributed by atoms with Crippen LogP contribution in [0.15, 0.2) is 42.5 Å². The number of Topliss-reactive ketones (excluding diaryl/α,β-unsaturated/α-hetero) is 4. The quantitative estimate of drug-likeness (QED) is 0.263. The van der Waals surface area contributed by atoms with E-state index in [-0.39, 0.29) is 0 Å². The lowest BCUT2D eigenvalue weighted by Gasteiger charge is -2.64. The lowest BCUT2D eigenvalue weighted by molar-refractivity contribution is -0.395. The second kappa shape index (κ2) is 10.4. The topological polar surface area (TPSA) is 210 Å². The third-order valence-corrected chi connectivity index (χ3v) is 8.50. The summed E-state index contributed by atoms with van der Waals surface area (Å²) in [4.78, 5) is 89.9. The lowest BCUT2D eigenvalue weighted by atomic mass is 9.36. The van der Waals surface area contributed by atoms with E-state index in [1.54, 1.807) is 0 Å². The Labute approximate surface area is 233 Å². The summed E-state index contributed by atoms with van der Waals surface area (Å²) in [6.45, 7) is 6.82. The van der Waals surface area contributed by atoms with Crippen molar-refractivity contribution in [3.63, 3.8) is 0 Å². The van der Waals surface area contributed by atoms with Gasteiger partial charge in [0.1, 0.15) is 34.0 Å². The second-order valence-corrected chi connectivity index (χ2v) is 10.2. The number of piperidine rings is 1. The molecule has 3 rings (SSSR count). The molecule has 1 N–H and O–H groups in total. The SMILES string of the molecule is CC(=O)C1(C(C)=O)C(C)NC(C)C(C(C)=O)(C(C)=O)C1(c1ccccc1[N+](=O)[O-])c1ccc([N+](=O)[O-])cc1[N+](=O)[O-]. The standard InChI is InChI=1S/C27H28N4O10/c1-14-25(16(3)32,17(4)33)27(21-9-7-8-10-23(21)30(38)39,26(18(5)34,19(6)35)15(2)28-14)22-12-11-20(29(36)37)13-24(22)31(40)41/h7-15,28H,1-6H3. The normalized spacial score (nSPS) is 22.8. The summed E-state index contributed by atoms with van der Waals surface area (Å²) in [5.41, 5.74) is -11.3. The minimum absolute atomic E-state index is 0.474. The highest BCUT2D eigenvalue weighted by Crippen LogP contribution is 2.67. The van der Waals surface area contributed by atoms with Crippen molar-refractivity contribution in [2.24, 2.45) is 10.8 Å². The first-order chi connectivity index (χ1) is 19.0. The van der Waals surface area contributed by atoms with Crippen LogP contribution in [0.3, 0.4) is 0 Å². The molecule has 14 nitrogen and oxygen atoms in total. The molecule has 216 valence electrons. The largest absolute Gasteiger partial charge is 0.309 e. The van der Waals surface area contributed by atoms with Crippen LogP contribution in [0.2, 0.25) is 0 Å². The smallest absolute Gasteiger partial charge is 0.280 e. The molecule has 2 atom stereocenters. The van der Waals surface area contributed by atoms with Gasteiger partial charge in [0.15, 0.2) is 0 Å². The van der Waals surface area contributed by atoms with Crippen LogP contribution >= 0.6 is 0 Å². The minimum atomic E-state index is -2.72. The molecule has 1 aliphatic rings. The van der Waals surface area contributed by atoms with Gasteiger partial charge in [-0.15, -0.1) is 0 Å². The number of nitro groups is 3. The Balaban J connectivity index is 3.00. The molecule has 1 heterocycles. The highest BCUT2D eigenvalue weighted by Gasteiger charge is 2.80. The number of non-ortho nitro benzene ring substituents is 1. The van der Waals surface area contributed by atoms with Crippen LogP contribution in [-0.4, -0.2) is 50.0 Å². The van der Waals surface area contributed by atoms with Gasteiger partial charge in [-0.25, -0.2) is 0 Å². The number of benzene rings is 2. The number of nitro benzene ring substituents is 3. The van der Waals surface area contributed by atoms with E-state index in [4.69, 9.17) is 0 Å². The van der Waals surface area contributed by atoms with Crippen molar-refractivity contribution in [1.82, 2.24) is 5.32 Å². The first-order valence-electron chi connectivity index (χ1n) is 12.5. The number of ketones is 4. The maximum atomic E-state index is 14.0. The van der Waals surface area contributed by atoms with Gasteiger partial charge in [-0.3, -0.25) is 49.5 Å². The van der Waals surface area contributed by atoms with Crippen molar-refractivity contribution in [3.05, 3.63) is 83.9 Å². The van der Waals surface area contributed by atoms with Crippen LogP contribution in [0.1, 0.15) is 52.7 Å². The molecule has 14 heteroatoms. The zero-order valence-electron chi connectivity index (χ0n) is 23.1. The number of carbonyl (C=O) groups is 4. The van der Waals surface area contributed by atoms with Crippen molar-refractivity contribution in [3.8, 4) is 0 Å². The molecule has 2 aromatic rings. The summed E-state index contributed by atoms with van der Waals surface area (Å²) in [5.74, 6) is -3.74. The fourth-order valence-corrected chi connectivity index (χ4v) is 7.40. The number of carbonyl (C=O) groups excluding carboxylic acids is 4. The minimum Gasteiger partial charge on any atom is -0.309 e. The maximum absolute atomic E-state index is 14.0. The van der Waals surface area contributed by atoms with Crippen LogP contribution < -0.4 is 5.32 Å². The van der Waals surface area contributed by atoms with E-state index in [0.29, 0.717) is 6.07 Å². The lowest BCUT2D eigenvalue weighted by Crippen LogP contribution is -2.81. The van der Waals surface area contributed by atoms with Gasteiger partial charge in [0, 0.05) is 35.3 Å². The summed E-state index contributed by atoms with van der Waals surface area (Å²) >= 11 is 0. The summed E-state index contributed by atoms with van der Waals surface area (Å²) in [5, 5.41) is 39.7. The van der Waals surface area contributed by atoms with Crippen LogP contribution in [-0.2, 0) is 24.6 Å². The van der Waals surface area contributed by atoms with Gasteiger partial charge in [-0.05, 0) is 47.6 Å². The van der Waals surface area contributed by atoms with Crippen LogP contribution in [0.5, 0.6) is 0 Å². The Morgan fingerprint density at radius 1 is 0.659 bits per heavy atom. The first-order valence-corrected chi connectivity index (χ1v) is 12.5. The number of hydrogen-bond acceptors (Lipinski definition) is 11. The first kappa shape index (κ1) is 30.8. The second-order valence-electron chi connectivity index (χ2n) is 10.2. The third kappa shape index (κ3) is 3.81. The highest BCUT2D eigenvalue weighted by molar-refractivity contribution is 6.16. The van der Waals surface area contributed by atoms with Crippen LogP contribution in [0, 0.1) is 41.2 Å². The number of rotatable bonds is 9. The molecule has 0 amide bonds. The molecule has 1 saturated heterocycles. The van der Waals surface area contributed by atoms with E-state index >= 15 is 0 Å². The molecule has 2 unspecified atom stereocenters. The van der Waals surface area contributed by atoms with Gasteiger partial charge >= 0.3 is 0 Å². The number of nitrogens with one attached hydrogen (secondary N) is 1. The van der Waals surface area contributed by atoms with E-state index in [2.05, 4.69) is 5.32 Å². The van der Waals surface area contributed by atoms with E-state index in [0.717, 1.165) is 52.0 Å². The molecule has 1 fully saturated rings. The monoisotopic (exact) mass is 568 g/mol. The van der Waals surface area contributed by atoms with Crippen molar-refractivity contribution in [2.45, 2.75) is 59.0 Å². The van der Waals surface area contributed by atoms with Crippen molar-refractivity contribution >= 4 is 40.2 Å². The molecule has 41 heavy (non-hydrogen) atoms. The van der Waals surface area contributed by atoms with Crippen LogP contribution in [0.25, 0.3) is 0 Å². The Bertz CT molecular complexity index is 1460. The van der Waals surface area contributed by atoms with Crippen molar-refractivity contribution in [1.29, 1.82) is 0 Å². The van der Waals surface area contributed by atoms with E-state index in [1.165, 1.54) is 26.0 Å². The molecular formula is C27H28N4O10. The summed E-state index contributed by atoms with van der Waals surface area (Å²) < 4.78 is 0. The van der Waals surface area contributed by atoms with Crippen molar-refractivity contribution in [2.75, 3.05) is 0 Å². The average Bonchev–Trinajstić information content (AvgIpc) is 2.86. The Morgan fingerprint density at radius 3 is 1.46 bits per heavy atom. The van der Waals surface area contributed by atoms with Gasteiger partial charge in [0.2, 0.25) is 0 Å². The van der Waals surface area contributed by atoms with E-state index in [1.807, 2.05) is 0 Å². The predicted molar refractivity (Wildman–Crippen MR) is 143 cm³/mol. The van der Waals surface area contributed by atoms with Crippen LogP contribution in [0.4, 0.5) is 17.1 Å². The van der Waals surface area contributed by atoms with Gasteiger partial charge < -0.3 is 5.32 Å². The van der Waals surface area contributed by atoms with Crippen molar-refractivity contribution < 1.29 is 33.9 Å². The zero-order chi connectivity index (χ0) is 31.2. The third-order valence-electron chi connectivity index (χ3n) is 8.50. The van der Waals surface area contributed by atoms with E-state index in [9.17, 15) is 49.5 Å². The molecule has 2 aromatic carbocycles. The summed E-state index contributed by atoms with van der Waals surface area (Å²) in [7, 11) is 0. The Kier molecular flexibility index (Phi) is 7.78. The molecule has 1 aliphatic heterocycles. The fraction of sp³-hybridized carbons (Fsp3) is 0.407. The van der Waals surface area contributed by atoms with E-state index < -0.39 is 94.4 Å². The fourth-order valence-electron chi connectivity index (χ4n) is 7.40. The Hall–Kier alpha value is -4.72. The average molecular weight is 569 g/mol. The molecule has 0 radical (unpaired) electrons. The predicted octanol–water partition coefficient (Wildman–Crippen LogP) is 3.41. The molecule has 0 aromatic heterocycles. The summed E-state index contributed by atoms with van der Waals surface area (Å²) in [6.07, 6.45) is 0. The molecule has 0 spiro atoms. The zero-order valence-corrected chi connectivity index (χ0v) is 23.1. The highest BCUT2D eigenvalue weighted by atomic mass is 16.6. The van der Waals surface area contributed by atoms with Gasteiger partial charge in [-0.2, -0.15) is 0 Å². The molecule has 0 bridgehead atoms. The molecule has 0 saturated carbocycles. The maximum Gasteiger partial charge on any atom is 0.280 e. The summed E-state index contributed by atoms with van der Waals surface area (Å²) in [6, 6.07) is 4.64. The van der Waals surface area contributed by atoms with Gasteiger partial charge in [0.25, 0.3) is 17.1 Å². The number of nitrogens with zero attached hydrogens (tertiary/aromatic N) is 3. The number of para-hydroxylation sites is 1. The molecular weight excluding hydrogens is 540 g/mol. The Morgan fingerprint density at radius 2 is 1.07 bits per heavy atom. The van der Waals surface area contributed by atoms with Gasteiger partial charge in [0.05, 0.1) is 26.3 Å². The molecule has 0 aliphatic carbocycles. The number of hydrogen-bond donors (Lipinski definition) is 1.